The van der Waals surface area contributed by atoms with Crippen LogP contribution in [-0.2, 0) is 4.79 Å². The number of hydrogen-bond donors (Lipinski definition) is 1. The van der Waals surface area contributed by atoms with Crippen molar-refractivity contribution in [3.63, 3.8) is 0 Å². The van der Waals surface area contributed by atoms with Crippen LogP contribution in [0, 0.1) is 11.3 Å². The van der Waals surface area contributed by atoms with Crippen LogP contribution in [0.25, 0.3) is 0 Å². The monoisotopic (exact) mass is 203 g/mol. The first-order chi connectivity index (χ1) is 7.06. The number of esters is 1. The molecule has 1 aromatic carbocycles. The van der Waals surface area contributed by atoms with Crippen molar-refractivity contribution in [2.45, 2.75) is 6.92 Å². The van der Waals surface area contributed by atoms with Gasteiger partial charge in [0.05, 0.1) is 5.56 Å². The van der Waals surface area contributed by atoms with Gasteiger partial charge in [-0.05, 0) is 19.1 Å². The summed E-state index contributed by atoms with van der Waals surface area (Å²) in [6, 6.07) is 6.11. The number of ether oxygens (including phenoxy) is 1. The second-order valence-electron chi connectivity index (χ2n) is 2.93. The molecule has 0 fully saturated rings. The Kier molecular flexibility index (Phi) is 3.09. The van der Waals surface area contributed by atoms with Crippen LogP contribution in [0.2, 0.25) is 0 Å². The van der Waals surface area contributed by atoms with Gasteiger partial charge < -0.3 is 9.84 Å². The Balaban J connectivity index is 3.02. The summed E-state index contributed by atoms with van der Waals surface area (Å²) in [7, 11) is 0. The van der Waals surface area contributed by atoms with Gasteiger partial charge in [0.1, 0.15) is 6.07 Å². The normalized spacial score (nSPS) is 9.07. The maximum absolute atomic E-state index is 11.1. The summed E-state index contributed by atoms with van der Waals surface area (Å²) >= 11 is 0. The fourth-order valence-electron chi connectivity index (χ4n) is 0.882. The largest absolute Gasteiger partial charge is 0.503 e. The van der Waals surface area contributed by atoms with Crippen molar-refractivity contribution in [1.29, 1.82) is 5.26 Å². The molecule has 0 aliphatic rings. The molecule has 0 aliphatic carbocycles. The number of aromatic hydroxyl groups is 1. The highest BCUT2D eigenvalue weighted by Gasteiger charge is 2.11. The van der Waals surface area contributed by atoms with Gasteiger partial charge in [-0.25, -0.2) is 4.79 Å². The minimum atomic E-state index is -0.639. The molecule has 0 saturated heterocycles. The van der Waals surface area contributed by atoms with Crippen LogP contribution in [0.1, 0.15) is 12.5 Å². The lowest BCUT2D eigenvalue weighted by Crippen LogP contribution is -2.08. The minimum Gasteiger partial charge on any atom is -0.503 e. The van der Waals surface area contributed by atoms with Crippen molar-refractivity contribution in [2.75, 3.05) is 0 Å². The molecule has 76 valence electrons. The molecule has 0 aliphatic heterocycles. The molecule has 0 unspecified atom stereocenters. The van der Waals surface area contributed by atoms with E-state index in [1.165, 1.54) is 25.1 Å². The summed E-state index contributed by atoms with van der Waals surface area (Å²) in [5.74, 6) is -1.02. The second-order valence-corrected chi connectivity index (χ2v) is 2.93. The van der Waals surface area contributed by atoms with Crippen molar-refractivity contribution in [3.05, 3.63) is 35.9 Å². The van der Waals surface area contributed by atoms with Crippen LogP contribution in [0.3, 0.4) is 0 Å². The lowest BCUT2D eigenvalue weighted by atomic mass is 10.2. The summed E-state index contributed by atoms with van der Waals surface area (Å²) in [4.78, 5) is 11.1. The molecule has 1 N–H and O–H groups in total. The van der Waals surface area contributed by atoms with Crippen LogP contribution in [0.5, 0.6) is 11.5 Å². The number of rotatable bonds is 2. The maximum Gasteiger partial charge on any atom is 0.338 e. The van der Waals surface area contributed by atoms with E-state index in [9.17, 15) is 9.90 Å². The van der Waals surface area contributed by atoms with Gasteiger partial charge in [-0.3, -0.25) is 0 Å². The maximum atomic E-state index is 11.1. The molecular weight excluding hydrogens is 194 g/mol. The van der Waals surface area contributed by atoms with E-state index in [-0.39, 0.29) is 22.6 Å². The van der Waals surface area contributed by atoms with Crippen molar-refractivity contribution >= 4 is 5.97 Å². The third kappa shape index (κ3) is 2.35. The van der Waals surface area contributed by atoms with E-state index in [2.05, 4.69) is 6.58 Å². The van der Waals surface area contributed by atoms with E-state index in [0.29, 0.717) is 0 Å². The van der Waals surface area contributed by atoms with E-state index < -0.39 is 5.97 Å². The average Bonchev–Trinajstić information content (AvgIpc) is 2.21. The number of nitriles is 1. The topological polar surface area (TPSA) is 70.3 Å². The number of benzene rings is 1. The van der Waals surface area contributed by atoms with E-state index in [0.717, 1.165) is 0 Å². The summed E-state index contributed by atoms with van der Waals surface area (Å²) in [6.45, 7) is 4.90. The Hall–Kier alpha value is -2.28. The van der Waals surface area contributed by atoms with E-state index in [1.807, 2.05) is 0 Å². The molecule has 4 heteroatoms. The Labute approximate surface area is 87.0 Å². The van der Waals surface area contributed by atoms with Gasteiger partial charge in [0, 0.05) is 5.57 Å². The highest BCUT2D eigenvalue weighted by Crippen LogP contribution is 2.29. The van der Waals surface area contributed by atoms with Crippen LogP contribution in [0.4, 0.5) is 0 Å². The molecule has 0 radical (unpaired) electrons. The number of hydrogen-bond acceptors (Lipinski definition) is 4. The fraction of sp³-hybridized carbons (Fsp3) is 0.0909. The van der Waals surface area contributed by atoms with Crippen LogP contribution >= 0.6 is 0 Å². The van der Waals surface area contributed by atoms with Crippen LogP contribution < -0.4 is 4.74 Å². The van der Waals surface area contributed by atoms with Crippen molar-refractivity contribution in [2.24, 2.45) is 0 Å². The number of carbonyl (C=O) groups is 1. The average molecular weight is 203 g/mol. The Morgan fingerprint density at radius 3 is 2.80 bits per heavy atom. The van der Waals surface area contributed by atoms with Gasteiger partial charge >= 0.3 is 5.97 Å². The Bertz CT molecular complexity index is 457. The summed E-state index contributed by atoms with van der Waals surface area (Å²) in [6.07, 6.45) is 0. The third-order valence-corrected chi connectivity index (χ3v) is 1.67. The number of phenolic OH excluding ortho intramolecular Hbond substituents is 1. The first-order valence-corrected chi connectivity index (χ1v) is 4.16. The highest BCUT2D eigenvalue weighted by atomic mass is 16.5. The van der Waals surface area contributed by atoms with Gasteiger partial charge in [-0.15, -0.1) is 0 Å². The number of para-hydroxylation sites is 1. The lowest BCUT2D eigenvalue weighted by Gasteiger charge is -2.06. The molecule has 4 nitrogen and oxygen atoms in total. The smallest absolute Gasteiger partial charge is 0.338 e. The quantitative estimate of drug-likeness (QED) is 0.451. The molecule has 0 bridgehead atoms. The number of nitrogens with zero attached hydrogens (tertiary/aromatic N) is 1. The molecule has 0 aromatic heterocycles. The number of carbonyl (C=O) groups excluding carboxylic acids is 1. The Morgan fingerprint density at radius 2 is 2.27 bits per heavy atom. The first-order valence-electron chi connectivity index (χ1n) is 4.16. The van der Waals surface area contributed by atoms with Gasteiger partial charge in [-0.1, -0.05) is 12.6 Å². The molecule has 15 heavy (non-hydrogen) atoms. The first kappa shape index (κ1) is 10.8. The Morgan fingerprint density at radius 1 is 1.60 bits per heavy atom. The van der Waals surface area contributed by atoms with Gasteiger partial charge in [-0.2, -0.15) is 5.26 Å². The van der Waals surface area contributed by atoms with E-state index in [1.54, 1.807) is 6.07 Å². The van der Waals surface area contributed by atoms with Crippen LogP contribution in [0.15, 0.2) is 30.4 Å². The fourth-order valence-corrected chi connectivity index (χ4v) is 0.882. The standard InChI is InChI=1S/C11H9NO3/c1-7(2)11(14)15-9-5-3-4-8(6-12)10(9)13/h3-5,13H,1H2,2H3. The summed E-state index contributed by atoms with van der Waals surface area (Å²) in [5.41, 5.74) is 0.277. The van der Waals surface area contributed by atoms with E-state index >= 15 is 0 Å². The SMILES string of the molecule is C=C(C)C(=O)Oc1cccc(C#N)c1O. The second kappa shape index (κ2) is 4.29. The predicted molar refractivity (Wildman–Crippen MR) is 53.3 cm³/mol. The zero-order chi connectivity index (χ0) is 11.4. The molecule has 0 saturated carbocycles. The molecule has 0 spiro atoms. The molecule has 0 atom stereocenters. The molecular formula is C11H9NO3. The minimum absolute atomic E-state index is 0.0398. The van der Waals surface area contributed by atoms with Crippen molar-refractivity contribution in [1.82, 2.24) is 0 Å². The zero-order valence-corrected chi connectivity index (χ0v) is 8.15. The van der Waals surface area contributed by atoms with Crippen molar-refractivity contribution < 1.29 is 14.6 Å². The summed E-state index contributed by atoms with van der Waals surface area (Å²) in [5, 5.41) is 18.1. The third-order valence-electron chi connectivity index (χ3n) is 1.67. The van der Waals surface area contributed by atoms with Gasteiger partial charge in [0.15, 0.2) is 11.5 Å². The molecule has 1 rings (SSSR count). The van der Waals surface area contributed by atoms with Gasteiger partial charge in [0.2, 0.25) is 0 Å². The highest BCUT2D eigenvalue weighted by molar-refractivity contribution is 5.89. The van der Waals surface area contributed by atoms with Gasteiger partial charge in [0.25, 0.3) is 0 Å². The predicted octanol–water partition coefficient (Wildman–Crippen LogP) is 1.75. The zero-order valence-electron chi connectivity index (χ0n) is 8.15. The molecule has 1 aromatic rings. The molecule has 0 heterocycles. The lowest BCUT2D eigenvalue weighted by molar-refractivity contribution is -0.130. The van der Waals surface area contributed by atoms with Crippen molar-refractivity contribution in [3.8, 4) is 17.6 Å². The summed E-state index contributed by atoms with van der Waals surface area (Å²) < 4.78 is 4.81. The number of phenols is 1. The van der Waals surface area contributed by atoms with E-state index in [4.69, 9.17) is 10.00 Å². The molecule has 0 amide bonds. The van der Waals surface area contributed by atoms with Crippen LogP contribution in [-0.4, -0.2) is 11.1 Å².